The molecule has 2 heterocycles. The monoisotopic (exact) mass is 1680 g/mol. The second kappa shape index (κ2) is 61.3. The molecule has 13 unspecified atom stereocenters. The molecule has 0 radical (unpaired) electrons. The highest BCUT2D eigenvalue weighted by Gasteiger charge is 2.54. The molecule has 0 aliphatic carbocycles. The van der Waals surface area contributed by atoms with E-state index in [1.165, 1.54) is 96.4 Å². The van der Waals surface area contributed by atoms with E-state index in [0.29, 0.717) is 6.42 Å². The Morgan fingerprint density at radius 3 is 0.872 bits per heavy atom. The number of carbonyl (C=O) groups excluding carboxylic acids is 2. The van der Waals surface area contributed by atoms with Crippen molar-refractivity contribution in [1.82, 2.24) is 10.6 Å². The van der Waals surface area contributed by atoms with Crippen LogP contribution in [0.5, 0.6) is 0 Å². The van der Waals surface area contributed by atoms with E-state index in [4.69, 9.17) is 23.3 Å². The average molecular weight is 1680 g/mol. The highest BCUT2D eigenvalue weighted by molar-refractivity contribution is 7.61. The van der Waals surface area contributed by atoms with Crippen molar-refractivity contribution in [1.29, 1.82) is 0 Å². The zero-order chi connectivity index (χ0) is 87.5. The Labute approximate surface area is 708 Å². The molecule has 2 saturated heterocycles. The van der Waals surface area contributed by atoms with Gasteiger partial charge in [-0.05, 0) is 316 Å². The Morgan fingerprint density at radius 1 is 0.350 bits per heavy atom. The maximum atomic E-state index is 13.2. The molecule has 0 aromatic heterocycles. The van der Waals surface area contributed by atoms with Crippen LogP contribution >= 0.6 is 15.6 Å². The Balaban J connectivity index is 1.61. The molecule has 666 valence electrons. The quantitative estimate of drug-likeness (QED) is 0.0202. The van der Waals surface area contributed by atoms with E-state index in [1.54, 1.807) is 0 Å². The molecule has 2 fully saturated rings. The van der Waals surface area contributed by atoms with Crippen molar-refractivity contribution >= 4 is 27.5 Å². The Kier molecular flexibility index (Phi) is 56.6. The number of aliphatic hydroxyl groups excluding tert-OH is 5. The van der Waals surface area contributed by atoms with E-state index >= 15 is 0 Å². The summed E-state index contributed by atoms with van der Waals surface area (Å²) in [6.45, 7) is 38.1. The van der Waals surface area contributed by atoms with Crippen molar-refractivity contribution in [2.75, 3.05) is 19.8 Å². The molecule has 2 rings (SSSR count). The van der Waals surface area contributed by atoms with Gasteiger partial charge in [-0.3, -0.25) is 18.6 Å². The number of hydrogen-bond donors (Lipinski definition) is 9. The van der Waals surface area contributed by atoms with Gasteiger partial charge in [0.2, 0.25) is 11.8 Å². The van der Waals surface area contributed by atoms with Gasteiger partial charge in [0.15, 0.2) is 12.6 Å². The summed E-state index contributed by atoms with van der Waals surface area (Å²) >= 11 is 0. The van der Waals surface area contributed by atoms with Crippen LogP contribution in [0.4, 0.5) is 0 Å². The highest BCUT2D eigenvalue weighted by atomic mass is 31.3. The van der Waals surface area contributed by atoms with Crippen LogP contribution in [0.3, 0.4) is 0 Å². The van der Waals surface area contributed by atoms with Gasteiger partial charge in [0.1, 0.15) is 48.7 Å². The van der Waals surface area contributed by atoms with Crippen molar-refractivity contribution in [2.45, 2.75) is 392 Å². The summed E-state index contributed by atoms with van der Waals surface area (Å²) in [6, 6.07) is -3.25. The fourth-order valence-electron chi connectivity index (χ4n) is 14.0. The number of phosphoric acid groups is 2. The maximum absolute atomic E-state index is 13.2. The van der Waals surface area contributed by atoms with E-state index in [0.717, 1.165) is 194 Å². The summed E-state index contributed by atoms with van der Waals surface area (Å²) in [6.07, 6.45) is 54.9. The standard InChI is InChI=1S/C96H160N2O17P2/c1-69(2)35-20-36-70(3)37-21-38-71(4)39-22-40-72(5)41-23-42-73(6)43-24-44-74(7)45-25-46-75(8)47-26-48-76(9)49-27-50-77(10)51-28-52-78(11)53-29-54-79(12)55-30-56-80(13)57-31-58-81(14)59-32-60-82(15)61-33-62-83(16)63-34-64-84(17)65-66-110-116(106,107)115-117(108,109)114-96-90(98-86(19)102)93(105)94(88(68-100)112-96)113-95-89(97-85(18)101)92(104)91(103)87(67-99)111-95/h35,37,39,41,43,45,47,49,51,53,55,57,59,61,63,84,87-96,99-100,103-105H,20-34,36,38,40,42,44,46,48,50,52,54,56,58,60,62,64-68H2,1-19H3,(H,97,101)(H,98,102)(H,106,107)(H,108,109). The molecule has 2 aliphatic heterocycles. The van der Waals surface area contributed by atoms with Gasteiger partial charge >= 0.3 is 15.6 Å². The first-order valence-corrected chi connectivity index (χ1v) is 46.6. The third-order valence-corrected chi connectivity index (χ3v) is 24.4. The smallest absolute Gasteiger partial charge is 0.394 e. The molecule has 0 saturated carbocycles. The largest absolute Gasteiger partial charge is 0.483 e. The minimum absolute atomic E-state index is 0.0324. The second-order valence-corrected chi connectivity index (χ2v) is 36.9. The number of ether oxygens (including phenoxy) is 3. The van der Waals surface area contributed by atoms with Crippen molar-refractivity contribution < 1.29 is 81.6 Å². The molecule has 0 spiro atoms. The van der Waals surface area contributed by atoms with Crippen molar-refractivity contribution in [3.8, 4) is 0 Å². The first-order valence-electron chi connectivity index (χ1n) is 43.6. The third-order valence-electron chi connectivity index (χ3n) is 21.7. The maximum Gasteiger partial charge on any atom is 0.483 e. The lowest BCUT2D eigenvalue weighted by Crippen LogP contribution is -2.69. The van der Waals surface area contributed by atoms with E-state index in [1.807, 2.05) is 6.92 Å². The minimum Gasteiger partial charge on any atom is -0.394 e. The first kappa shape index (κ1) is 108. The molecular weight excluding hydrogens is 1520 g/mol. The van der Waals surface area contributed by atoms with Gasteiger partial charge in [0.05, 0.1) is 19.8 Å². The molecule has 2 amide bonds. The van der Waals surface area contributed by atoms with Gasteiger partial charge < -0.3 is 60.2 Å². The Bertz CT molecular complexity index is 3540. The van der Waals surface area contributed by atoms with Crippen LogP contribution < -0.4 is 10.6 Å². The number of allylic oxidation sites excluding steroid dienone is 30. The fourth-order valence-corrected chi connectivity index (χ4v) is 16.2. The Morgan fingerprint density at radius 2 is 0.607 bits per heavy atom. The van der Waals surface area contributed by atoms with Crippen LogP contribution in [-0.2, 0) is 46.3 Å². The molecule has 0 aromatic rings. The highest BCUT2D eigenvalue weighted by Crippen LogP contribution is 2.61. The summed E-state index contributed by atoms with van der Waals surface area (Å²) in [4.78, 5) is 45.3. The number of phosphoric ester groups is 2. The summed E-state index contributed by atoms with van der Waals surface area (Å²) in [5.74, 6) is -1.45. The SMILES string of the molecule is CC(=O)NC1C(OC2C(CO)OC(OP(=O)(O)OP(=O)(O)OCCC(C)CCC=C(C)CCC=C(C)CCC=C(C)CCC=C(C)CCC=C(C)CCC=C(C)CCC=C(C)CCC=C(C)CCC=C(C)CCC=C(C)CCC=C(C)CCC=C(C)CCC=C(C)CCC=C(C)CCC=C(C)C)C(NC(C)=O)C2O)OC(CO)C(O)C1O. The number of rotatable bonds is 59. The Hall–Kier alpha value is -5.02. The molecule has 19 nitrogen and oxygen atoms in total. The third kappa shape index (κ3) is 52.1. The van der Waals surface area contributed by atoms with E-state index in [2.05, 4.69) is 217 Å². The van der Waals surface area contributed by atoms with Gasteiger partial charge in [-0.25, -0.2) is 9.13 Å². The molecule has 13 atom stereocenters. The number of amides is 2. The van der Waals surface area contributed by atoms with Crippen LogP contribution in [0, 0.1) is 5.92 Å². The molecule has 0 bridgehead atoms. The van der Waals surface area contributed by atoms with Crippen LogP contribution in [0.25, 0.3) is 0 Å². The van der Waals surface area contributed by atoms with Crippen LogP contribution in [0.2, 0.25) is 0 Å². The number of hydrogen-bond acceptors (Lipinski definition) is 15. The van der Waals surface area contributed by atoms with E-state index in [9.17, 15) is 54.0 Å². The minimum atomic E-state index is -5.61. The predicted octanol–water partition coefficient (Wildman–Crippen LogP) is 23.1. The molecule has 21 heteroatoms. The van der Waals surface area contributed by atoms with E-state index in [-0.39, 0.29) is 12.5 Å². The lowest BCUT2D eigenvalue weighted by atomic mass is 9.94. The van der Waals surface area contributed by atoms with Crippen LogP contribution in [0.1, 0.15) is 331 Å². The lowest BCUT2D eigenvalue weighted by Gasteiger charge is -2.48. The van der Waals surface area contributed by atoms with Crippen molar-refractivity contribution in [3.63, 3.8) is 0 Å². The molecule has 0 aromatic carbocycles. The van der Waals surface area contributed by atoms with Gasteiger partial charge in [-0.1, -0.05) is 182 Å². The van der Waals surface area contributed by atoms with Crippen molar-refractivity contribution in [2.24, 2.45) is 5.92 Å². The fraction of sp³-hybridized carbons (Fsp3) is 0.667. The van der Waals surface area contributed by atoms with Gasteiger partial charge in [-0.2, -0.15) is 4.31 Å². The lowest BCUT2D eigenvalue weighted by molar-refractivity contribution is -0.325. The van der Waals surface area contributed by atoms with Crippen LogP contribution in [0.15, 0.2) is 175 Å². The molecule has 117 heavy (non-hydrogen) atoms. The van der Waals surface area contributed by atoms with E-state index < -0.39 is 102 Å². The molecule has 2 aliphatic rings. The first-order chi connectivity index (χ1) is 55.3. The molecule has 9 N–H and O–H groups in total. The summed E-state index contributed by atoms with van der Waals surface area (Å²) in [5.41, 5.74) is 22.0. The number of nitrogens with one attached hydrogen (secondary N) is 2. The van der Waals surface area contributed by atoms with Gasteiger partial charge in [0, 0.05) is 13.8 Å². The van der Waals surface area contributed by atoms with Gasteiger partial charge in [-0.15, -0.1) is 0 Å². The van der Waals surface area contributed by atoms with Gasteiger partial charge in [0.25, 0.3) is 0 Å². The zero-order valence-electron chi connectivity index (χ0n) is 75.7. The molecular formula is C96H160N2O17P2. The zero-order valence-corrected chi connectivity index (χ0v) is 77.4. The summed E-state index contributed by atoms with van der Waals surface area (Å²) in [7, 11) is -10.9. The summed E-state index contributed by atoms with van der Waals surface area (Å²) < 4.78 is 57.8. The topological polar surface area (TPSA) is 289 Å². The summed E-state index contributed by atoms with van der Waals surface area (Å²) in [5, 5.41) is 57.2. The normalized spacial score (nSPS) is 23.3. The van der Waals surface area contributed by atoms with Crippen molar-refractivity contribution in [3.05, 3.63) is 175 Å². The number of carbonyl (C=O) groups is 2. The number of aliphatic hydroxyl groups is 5. The second-order valence-electron chi connectivity index (χ2n) is 33.9. The van der Waals surface area contributed by atoms with Crippen LogP contribution in [-0.4, -0.2) is 128 Å². The predicted molar refractivity (Wildman–Crippen MR) is 482 cm³/mol. The average Bonchev–Trinajstić information content (AvgIpc) is 0.806.